The highest BCUT2D eigenvalue weighted by Gasteiger charge is 1.96. The summed E-state index contributed by atoms with van der Waals surface area (Å²) < 4.78 is 0. The molecule has 0 saturated carbocycles. The zero-order valence-electron chi connectivity index (χ0n) is 7.43. The first-order valence-electron chi connectivity index (χ1n) is 3.76. The first-order valence-corrected chi connectivity index (χ1v) is 4.14. The molecule has 0 aliphatic rings. The van der Waals surface area contributed by atoms with Crippen molar-refractivity contribution in [1.82, 2.24) is 4.98 Å². The highest BCUT2D eigenvalue weighted by Crippen LogP contribution is 2.09. The number of nitrogens with zero attached hydrogens (tertiary/aromatic N) is 2. The summed E-state index contributed by atoms with van der Waals surface area (Å²) in [5.74, 6) is 0. The number of pyridine rings is 1. The lowest BCUT2D eigenvalue weighted by Gasteiger charge is -1.93. The second-order valence-corrected chi connectivity index (χ2v) is 2.32. The third kappa shape index (κ3) is 2.89. The molecule has 0 fully saturated rings. The van der Waals surface area contributed by atoms with Gasteiger partial charge in [-0.05, 0) is 18.6 Å². The van der Waals surface area contributed by atoms with Crippen LogP contribution in [0.1, 0.15) is 25.0 Å². The lowest BCUT2D eigenvalue weighted by Crippen LogP contribution is -1.83. The van der Waals surface area contributed by atoms with Gasteiger partial charge in [0.15, 0.2) is 0 Å². The molecule has 0 radical (unpaired) electrons. The summed E-state index contributed by atoms with van der Waals surface area (Å²) in [6.07, 6.45) is 1.47. The highest BCUT2D eigenvalue weighted by atomic mass is 35.5. The van der Waals surface area contributed by atoms with Crippen molar-refractivity contribution in [3.8, 4) is 6.07 Å². The summed E-state index contributed by atoms with van der Waals surface area (Å²) in [5, 5.41) is 8.90. The van der Waals surface area contributed by atoms with E-state index in [2.05, 4.69) is 4.98 Å². The monoisotopic (exact) mass is 182 g/mol. The maximum absolute atomic E-state index is 8.48. The molecule has 1 rings (SSSR count). The molecule has 0 bridgehead atoms. The SMILES string of the molecule is CC.Cc1cc(Cl)ncc1C#N. The number of rotatable bonds is 0. The molecule has 0 N–H and O–H groups in total. The van der Waals surface area contributed by atoms with Gasteiger partial charge in [-0.1, -0.05) is 25.4 Å². The molecule has 1 aromatic heterocycles. The molecule has 64 valence electrons. The van der Waals surface area contributed by atoms with Crippen LogP contribution in [-0.4, -0.2) is 4.98 Å². The predicted molar refractivity (Wildman–Crippen MR) is 50.0 cm³/mol. The number of nitriles is 1. The Bertz CT molecular complexity index is 289. The van der Waals surface area contributed by atoms with Gasteiger partial charge >= 0.3 is 0 Å². The van der Waals surface area contributed by atoms with E-state index in [4.69, 9.17) is 16.9 Å². The van der Waals surface area contributed by atoms with Crippen molar-refractivity contribution < 1.29 is 0 Å². The van der Waals surface area contributed by atoms with Crippen LogP contribution in [0.2, 0.25) is 5.15 Å². The van der Waals surface area contributed by atoms with Gasteiger partial charge in [0.25, 0.3) is 0 Å². The summed E-state index contributed by atoms with van der Waals surface area (Å²) in [6, 6.07) is 3.67. The van der Waals surface area contributed by atoms with Crippen LogP contribution >= 0.6 is 11.6 Å². The first-order chi connectivity index (χ1) is 5.74. The second-order valence-electron chi connectivity index (χ2n) is 1.93. The quantitative estimate of drug-likeness (QED) is 0.579. The van der Waals surface area contributed by atoms with Crippen LogP contribution in [0.3, 0.4) is 0 Å². The molecule has 0 aliphatic carbocycles. The molecule has 0 spiro atoms. The Kier molecular flexibility index (Phi) is 5.07. The van der Waals surface area contributed by atoms with Crippen molar-refractivity contribution in [3.05, 3.63) is 28.5 Å². The van der Waals surface area contributed by atoms with E-state index < -0.39 is 0 Å². The molecule has 3 heteroatoms. The molecule has 2 nitrogen and oxygen atoms in total. The van der Waals surface area contributed by atoms with Crippen molar-refractivity contribution in [3.63, 3.8) is 0 Å². The normalized spacial score (nSPS) is 7.92. The molecular formula is C9H11ClN2. The largest absolute Gasteiger partial charge is 0.243 e. The average molecular weight is 183 g/mol. The van der Waals surface area contributed by atoms with Gasteiger partial charge in [0.05, 0.1) is 5.56 Å². The number of hydrogen-bond acceptors (Lipinski definition) is 2. The molecule has 0 saturated heterocycles. The van der Waals surface area contributed by atoms with Crippen LogP contribution in [0.5, 0.6) is 0 Å². The Morgan fingerprint density at radius 3 is 2.50 bits per heavy atom. The standard InChI is InChI=1S/C7H5ClN2.C2H6/c1-5-2-7(8)10-4-6(5)3-9;1-2/h2,4H,1H3;1-2H3. The van der Waals surface area contributed by atoms with E-state index in [1.54, 1.807) is 6.07 Å². The Hall–Kier alpha value is -1.07. The summed E-state index contributed by atoms with van der Waals surface area (Å²) in [7, 11) is 0. The van der Waals surface area contributed by atoms with E-state index in [0.717, 1.165) is 5.56 Å². The van der Waals surface area contributed by atoms with Crippen molar-refractivity contribution in [2.45, 2.75) is 20.8 Å². The minimum Gasteiger partial charge on any atom is -0.243 e. The fourth-order valence-corrected chi connectivity index (χ4v) is 0.851. The molecule has 0 amide bonds. The van der Waals surface area contributed by atoms with E-state index in [9.17, 15) is 0 Å². The maximum atomic E-state index is 8.48. The number of aromatic nitrogens is 1. The van der Waals surface area contributed by atoms with E-state index in [-0.39, 0.29) is 0 Å². The van der Waals surface area contributed by atoms with Gasteiger partial charge in [0.2, 0.25) is 0 Å². The van der Waals surface area contributed by atoms with E-state index in [0.29, 0.717) is 10.7 Å². The molecule has 1 heterocycles. The van der Waals surface area contributed by atoms with Gasteiger partial charge in [0, 0.05) is 6.20 Å². The molecule has 12 heavy (non-hydrogen) atoms. The molecule has 0 aliphatic heterocycles. The van der Waals surface area contributed by atoms with Gasteiger partial charge in [-0.15, -0.1) is 0 Å². The van der Waals surface area contributed by atoms with E-state index >= 15 is 0 Å². The van der Waals surface area contributed by atoms with Crippen LogP contribution in [0.15, 0.2) is 12.3 Å². The number of aryl methyl sites for hydroxylation is 1. The van der Waals surface area contributed by atoms with Crippen LogP contribution in [-0.2, 0) is 0 Å². The van der Waals surface area contributed by atoms with Crippen LogP contribution in [0.25, 0.3) is 0 Å². The van der Waals surface area contributed by atoms with Crippen molar-refractivity contribution in [2.75, 3.05) is 0 Å². The Balaban J connectivity index is 0.000000561. The summed E-state index contributed by atoms with van der Waals surface area (Å²) in [5.41, 5.74) is 1.44. The third-order valence-corrected chi connectivity index (χ3v) is 1.40. The van der Waals surface area contributed by atoms with E-state index in [1.807, 2.05) is 26.8 Å². The van der Waals surface area contributed by atoms with Gasteiger partial charge < -0.3 is 0 Å². The van der Waals surface area contributed by atoms with Gasteiger partial charge in [-0.25, -0.2) is 4.98 Å². The molecular weight excluding hydrogens is 172 g/mol. The predicted octanol–water partition coefficient (Wildman–Crippen LogP) is 2.94. The zero-order valence-corrected chi connectivity index (χ0v) is 8.18. The fraction of sp³-hybridized carbons (Fsp3) is 0.333. The van der Waals surface area contributed by atoms with Crippen molar-refractivity contribution in [2.24, 2.45) is 0 Å². The van der Waals surface area contributed by atoms with Crippen molar-refractivity contribution in [1.29, 1.82) is 5.26 Å². The summed E-state index contributed by atoms with van der Waals surface area (Å²) in [4.78, 5) is 3.75. The number of hydrogen-bond donors (Lipinski definition) is 0. The summed E-state index contributed by atoms with van der Waals surface area (Å²) in [6.45, 7) is 5.83. The van der Waals surface area contributed by atoms with Gasteiger partial charge in [0.1, 0.15) is 11.2 Å². The smallest absolute Gasteiger partial charge is 0.129 e. The third-order valence-electron chi connectivity index (χ3n) is 1.20. The maximum Gasteiger partial charge on any atom is 0.129 e. The Labute approximate surface area is 77.8 Å². The minimum atomic E-state index is 0.427. The lowest BCUT2D eigenvalue weighted by molar-refractivity contribution is 1.25. The minimum absolute atomic E-state index is 0.427. The van der Waals surface area contributed by atoms with Gasteiger partial charge in [-0.2, -0.15) is 5.26 Å². The number of halogens is 1. The Morgan fingerprint density at radius 2 is 2.08 bits per heavy atom. The van der Waals surface area contributed by atoms with Crippen LogP contribution < -0.4 is 0 Å². The lowest BCUT2D eigenvalue weighted by atomic mass is 10.2. The van der Waals surface area contributed by atoms with Crippen LogP contribution in [0.4, 0.5) is 0 Å². The van der Waals surface area contributed by atoms with Gasteiger partial charge in [-0.3, -0.25) is 0 Å². The fourth-order valence-electron chi connectivity index (χ4n) is 0.639. The molecule has 0 unspecified atom stereocenters. The second kappa shape index (κ2) is 5.56. The molecule has 0 aromatic carbocycles. The van der Waals surface area contributed by atoms with Crippen molar-refractivity contribution >= 4 is 11.6 Å². The average Bonchev–Trinajstić information content (AvgIpc) is 2.08. The highest BCUT2D eigenvalue weighted by molar-refractivity contribution is 6.29. The van der Waals surface area contributed by atoms with E-state index in [1.165, 1.54) is 6.20 Å². The molecule has 0 atom stereocenters. The zero-order chi connectivity index (χ0) is 9.56. The molecule has 1 aromatic rings. The van der Waals surface area contributed by atoms with Crippen LogP contribution in [0, 0.1) is 18.3 Å². The topological polar surface area (TPSA) is 36.7 Å². The Morgan fingerprint density at radius 1 is 1.50 bits per heavy atom. The summed E-state index contributed by atoms with van der Waals surface area (Å²) >= 11 is 5.55. The first kappa shape index (κ1) is 10.9.